The molecule has 0 heterocycles. The number of benzene rings is 2. The number of nitrogens with zero attached hydrogens (tertiary/aromatic N) is 1. The minimum absolute atomic E-state index is 0.571. The average Bonchev–Trinajstić information content (AvgIpc) is 2.45. The summed E-state index contributed by atoms with van der Waals surface area (Å²) in [5.74, 6) is 0.786. The number of halogens is 2. The van der Waals surface area contributed by atoms with Crippen LogP contribution >= 0.6 is 27.5 Å². The second-order valence-corrected chi connectivity index (χ2v) is 5.41. The first-order chi connectivity index (χ1) is 9.63. The highest BCUT2D eigenvalue weighted by Gasteiger charge is 2.05. The second kappa shape index (κ2) is 6.65. The number of anilines is 1. The highest BCUT2D eigenvalue weighted by atomic mass is 79.9. The van der Waals surface area contributed by atoms with Crippen molar-refractivity contribution in [2.45, 2.75) is 6.54 Å². The third-order valence-corrected chi connectivity index (χ3v) is 3.66. The molecule has 3 nitrogen and oxygen atoms in total. The van der Waals surface area contributed by atoms with E-state index in [1.54, 1.807) is 25.3 Å². The standard InChI is InChI=1S/C15H12BrClN2O/c1-20-15-5-2-10(6-13(15)16)9-19-14-7-12(17)4-3-11(14)8-18/h2-7,19H,9H2,1H3. The van der Waals surface area contributed by atoms with Crippen molar-refractivity contribution < 1.29 is 4.74 Å². The molecule has 2 rings (SSSR count). The van der Waals surface area contributed by atoms with Crippen molar-refractivity contribution in [3.63, 3.8) is 0 Å². The Hall–Kier alpha value is -1.70. The molecule has 1 N–H and O–H groups in total. The van der Waals surface area contributed by atoms with Gasteiger partial charge in [0.1, 0.15) is 11.8 Å². The monoisotopic (exact) mass is 350 g/mol. The predicted molar refractivity (Wildman–Crippen MR) is 84.2 cm³/mol. The summed E-state index contributed by atoms with van der Waals surface area (Å²) in [6.07, 6.45) is 0. The van der Waals surface area contributed by atoms with Crippen LogP contribution in [0.3, 0.4) is 0 Å². The van der Waals surface area contributed by atoms with Gasteiger partial charge in [-0.2, -0.15) is 5.26 Å². The van der Waals surface area contributed by atoms with Gasteiger partial charge >= 0.3 is 0 Å². The number of nitriles is 1. The van der Waals surface area contributed by atoms with E-state index >= 15 is 0 Å². The summed E-state index contributed by atoms with van der Waals surface area (Å²) < 4.78 is 6.08. The first kappa shape index (κ1) is 14.7. The normalized spacial score (nSPS) is 9.90. The molecule has 0 aromatic heterocycles. The Kier molecular flexibility index (Phi) is 4.89. The van der Waals surface area contributed by atoms with E-state index in [1.165, 1.54) is 0 Å². The molecule has 0 radical (unpaired) electrons. The van der Waals surface area contributed by atoms with Crippen LogP contribution < -0.4 is 10.1 Å². The summed E-state index contributed by atoms with van der Waals surface area (Å²) in [7, 11) is 1.63. The fourth-order valence-corrected chi connectivity index (χ4v) is 2.54. The lowest BCUT2D eigenvalue weighted by Gasteiger charge is -2.10. The van der Waals surface area contributed by atoms with E-state index in [-0.39, 0.29) is 0 Å². The molecule has 0 aliphatic heterocycles. The van der Waals surface area contributed by atoms with E-state index in [0.29, 0.717) is 17.1 Å². The Morgan fingerprint density at radius 1 is 1.30 bits per heavy atom. The Labute approximate surface area is 131 Å². The van der Waals surface area contributed by atoms with Crippen LogP contribution in [0, 0.1) is 11.3 Å². The van der Waals surface area contributed by atoms with Crippen molar-refractivity contribution in [1.82, 2.24) is 0 Å². The molecule has 0 amide bonds. The zero-order valence-corrected chi connectivity index (χ0v) is 13.1. The van der Waals surface area contributed by atoms with Crippen LogP contribution in [0.2, 0.25) is 5.02 Å². The van der Waals surface area contributed by atoms with Crippen LogP contribution in [0.25, 0.3) is 0 Å². The van der Waals surface area contributed by atoms with E-state index in [9.17, 15) is 0 Å². The Morgan fingerprint density at radius 2 is 2.10 bits per heavy atom. The fraction of sp³-hybridized carbons (Fsp3) is 0.133. The minimum Gasteiger partial charge on any atom is -0.496 e. The summed E-state index contributed by atoms with van der Waals surface area (Å²) in [6.45, 7) is 0.595. The molecule has 0 spiro atoms. The molecular formula is C15H12BrClN2O. The molecule has 0 atom stereocenters. The minimum atomic E-state index is 0.571. The van der Waals surface area contributed by atoms with E-state index in [2.05, 4.69) is 27.3 Å². The topological polar surface area (TPSA) is 45.0 Å². The summed E-state index contributed by atoms with van der Waals surface area (Å²) >= 11 is 9.39. The van der Waals surface area contributed by atoms with Crippen molar-refractivity contribution in [3.05, 3.63) is 57.0 Å². The van der Waals surface area contributed by atoms with Gasteiger partial charge in [0.2, 0.25) is 0 Å². The largest absolute Gasteiger partial charge is 0.496 e. The molecule has 0 saturated carbocycles. The van der Waals surface area contributed by atoms with Gasteiger partial charge in [-0.25, -0.2) is 0 Å². The van der Waals surface area contributed by atoms with Crippen LogP contribution in [0.15, 0.2) is 40.9 Å². The molecule has 0 fully saturated rings. The third kappa shape index (κ3) is 3.44. The average molecular weight is 352 g/mol. The number of hydrogen-bond acceptors (Lipinski definition) is 3. The van der Waals surface area contributed by atoms with Gasteiger partial charge < -0.3 is 10.1 Å². The molecule has 0 aliphatic rings. The summed E-state index contributed by atoms with van der Waals surface area (Å²) in [5, 5.41) is 12.9. The summed E-state index contributed by atoms with van der Waals surface area (Å²) in [4.78, 5) is 0. The van der Waals surface area contributed by atoms with Crippen LogP contribution in [0.1, 0.15) is 11.1 Å². The van der Waals surface area contributed by atoms with Gasteiger partial charge in [0.05, 0.1) is 22.8 Å². The van der Waals surface area contributed by atoms with Gasteiger partial charge in [0.25, 0.3) is 0 Å². The SMILES string of the molecule is COc1ccc(CNc2cc(Cl)ccc2C#N)cc1Br. The van der Waals surface area contributed by atoms with Gasteiger partial charge in [-0.1, -0.05) is 17.7 Å². The summed E-state index contributed by atoms with van der Waals surface area (Å²) in [5.41, 5.74) is 2.37. The summed E-state index contributed by atoms with van der Waals surface area (Å²) in [6, 6.07) is 13.1. The number of rotatable bonds is 4. The van der Waals surface area contributed by atoms with Crippen LogP contribution in [-0.4, -0.2) is 7.11 Å². The molecule has 0 aliphatic carbocycles. The lowest BCUT2D eigenvalue weighted by atomic mass is 10.1. The number of ether oxygens (including phenoxy) is 1. The smallest absolute Gasteiger partial charge is 0.133 e. The Morgan fingerprint density at radius 3 is 2.75 bits per heavy atom. The van der Waals surface area contributed by atoms with E-state index in [4.69, 9.17) is 21.6 Å². The molecule has 2 aromatic rings. The molecule has 20 heavy (non-hydrogen) atoms. The molecule has 0 saturated heterocycles. The maximum atomic E-state index is 9.06. The van der Waals surface area contributed by atoms with Gasteiger partial charge in [-0.15, -0.1) is 0 Å². The third-order valence-electron chi connectivity index (χ3n) is 2.80. The first-order valence-electron chi connectivity index (χ1n) is 5.90. The van der Waals surface area contributed by atoms with Crippen LogP contribution in [0.5, 0.6) is 5.75 Å². The number of nitrogens with one attached hydrogen (secondary N) is 1. The fourth-order valence-electron chi connectivity index (χ4n) is 1.78. The van der Waals surface area contributed by atoms with Gasteiger partial charge in [-0.3, -0.25) is 0 Å². The highest BCUT2D eigenvalue weighted by molar-refractivity contribution is 9.10. The zero-order valence-electron chi connectivity index (χ0n) is 10.8. The van der Waals surface area contributed by atoms with Crippen molar-refractivity contribution in [1.29, 1.82) is 5.26 Å². The molecule has 0 unspecified atom stereocenters. The predicted octanol–water partition coefficient (Wildman–Crippen LogP) is 4.59. The Balaban J connectivity index is 2.15. The maximum absolute atomic E-state index is 9.06. The van der Waals surface area contributed by atoms with Gasteiger partial charge in [0.15, 0.2) is 0 Å². The molecule has 5 heteroatoms. The molecule has 102 valence electrons. The highest BCUT2D eigenvalue weighted by Crippen LogP contribution is 2.26. The van der Waals surface area contributed by atoms with E-state index in [0.717, 1.165) is 21.5 Å². The van der Waals surface area contributed by atoms with E-state index in [1.807, 2.05) is 18.2 Å². The quantitative estimate of drug-likeness (QED) is 0.876. The van der Waals surface area contributed by atoms with Crippen molar-refractivity contribution in [3.8, 4) is 11.8 Å². The number of methoxy groups -OCH3 is 1. The molecular weight excluding hydrogens is 340 g/mol. The lowest BCUT2D eigenvalue weighted by molar-refractivity contribution is 0.412. The van der Waals surface area contributed by atoms with Crippen molar-refractivity contribution in [2.75, 3.05) is 12.4 Å². The molecule has 0 bridgehead atoms. The molecule has 2 aromatic carbocycles. The van der Waals surface area contributed by atoms with Gasteiger partial charge in [0, 0.05) is 11.6 Å². The van der Waals surface area contributed by atoms with Crippen LogP contribution in [-0.2, 0) is 6.54 Å². The van der Waals surface area contributed by atoms with E-state index < -0.39 is 0 Å². The Bertz CT molecular complexity index is 667. The van der Waals surface area contributed by atoms with Crippen LogP contribution in [0.4, 0.5) is 5.69 Å². The maximum Gasteiger partial charge on any atom is 0.133 e. The van der Waals surface area contributed by atoms with Gasteiger partial charge in [-0.05, 0) is 51.8 Å². The second-order valence-electron chi connectivity index (χ2n) is 4.12. The van der Waals surface area contributed by atoms with Crippen molar-refractivity contribution in [2.24, 2.45) is 0 Å². The zero-order chi connectivity index (χ0) is 14.5. The lowest BCUT2D eigenvalue weighted by Crippen LogP contribution is -2.01. The van der Waals surface area contributed by atoms with Crippen molar-refractivity contribution >= 4 is 33.2 Å². The number of hydrogen-bond donors (Lipinski definition) is 1. The first-order valence-corrected chi connectivity index (χ1v) is 7.07.